The summed E-state index contributed by atoms with van der Waals surface area (Å²) in [5.41, 5.74) is 5.07. The fourth-order valence-electron chi connectivity index (χ4n) is 4.65. The third-order valence-corrected chi connectivity index (χ3v) is 11.0. The molecule has 2 atom stereocenters. The van der Waals surface area contributed by atoms with Gasteiger partial charge in [-0.3, -0.25) is 18.7 Å². The second kappa shape index (κ2) is 8.66. The number of methoxy groups -OCH3 is 1. The van der Waals surface area contributed by atoms with Gasteiger partial charge in [0.15, 0.2) is 0 Å². The monoisotopic (exact) mass is 491 g/mol. The van der Waals surface area contributed by atoms with Gasteiger partial charge in [-0.25, -0.2) is 19.3 Å². The molecule has 2 aromatic rings. The maximum atomic E-state index is 15.2. The predicted octanol–water partition coefficient (Wildman–Crippen LogP) is 1.71. The summed E-state index contributed by atoms with van der Waals surface area (Å²) in [5.74, 6) is -0.621. The SMILES string of the molecule is COc1cnc(C(=O)Nc2ccc(F)c([C@@]3(C)N=C(N)C(C)(C)[SH]4(=O)NCCCC[C@@H]34)n2)cn1. The van der Waals surface area contributed by atoms with Gasteiger partial charge in [0.1, 0.15) is 34.4 Å². The van der Waals surface area contributed by atoms with Gasteiger partial charge in [0.25, 0.3) is 5.91 Å². The highest BCUT2D eigenvalue weighted by Crippen LogP contribution is 2.47. The van der Waals surface area contributed by atoms with Gasteiger partial charge in [-0.2, -0.15) is 0 Å². The van der Waals surface area contributed by atoms with E-state index >= 15 is 4.39 Å². The van der Waals surface area contributed by atoms with Gasteiger partial charge < -0.3 is 15.8 Å². The lowest BCUT2D eigenvalue weighted by Crippen LogP contribution is -2.67. The van der Waals surface area contributed by atoms with E-state index in [4.69, 9.17) is 15.5 Å². The highest BCUT2D eigenvalue weighted by molar-refractivity contribution is 8.03. The molecule has 0 aliphatic carbocycles. The number of carbonyl (C=O) groups is 1. The number of hydrogen-bond acceptors (Lipinski definition) is 8. The number of aliphatic imine (C=N–C) groups is 1. The summed E-state index contributed by atoms with van der Waals surface area (Å²) >= 11 is 0. The molecular weight excluding hydrogens is 461 g/mol. The zero-order chi connectivity index (χ0) is 24.7. The van der Waals surface area contributed by atoms with Crippen molar-refractivity contribution in [1.82, 2.24) is 19.7 Å². The Hall–Kier alpha value is -2.99. The van der Waals surface area contributed by atoms with Crippen LogP contribution in [0.4, 0.5) is 10.2 Å². The summed E-state index contributed by atoms with van der Waals surface area (Å²) in [5, 5.41) is 2.11. The molecule has 2 aromatic heterocycles. The number of aromatic nitrogens is 3. The number of nitrogens with two attached hydrogens (primary N) is 1. The van der Waals surface area contributed by atoms with Crippen molar-refractivity contribution in [3.8, 4) is 5.88 Å². The topological polar surface area (TPSA) is 144 Å². The van der Waals surface area contributed by atoms with Gasteiger partial charge >= 0.3 is 0 Å². The van der Waals surface area contributed by atoms with Crippen LogP contribution in [-0.4, -0.2) is 54.6 Å². The van der Waals surface area contributed by atoms with E-state index in [9.17, 15) is 9.00 Å². The summed E-state index contributed by atoms with van der Waals surface area (Å²) in [6.45, 7) is 5.93. The number of carbonyl (C=O) groups excluding carboxylic acids is 1. The van der Waals surface area contributed by atoms with Crippen LogP contribution in [0.15, 0.2) is 29.5 Å². The largest absolute Gasteiger partial charge is 0.480 e. The van der Waals surface area contributed by atoms with Crippen molar-refractivity contribution in [3.63, 3.8) is 0 Å². The molecule has 34 heavy (non-hydrogen) atoms. The summed E-state index contributed by atoms with van der Waals surface area (Å²) in [6.07, 6.45) is 4.83. The summed E-state index contributed by atoms with van der Waals surface area (Å²) in [7, 11) is -1.71. The zero-order valence-electron chi connectivity index (χ0n) is 19.6. The average molecular weight is 492 g/mol. The Morgan fingerprint density at radius 1 is 1.26 bits per heavy atom. The number of rotatable bonds is 4. The normalized spacial score (nSPS) is 26.4. The number of pyridine rings is 1. The van der Waals surface area contributed by atoms with E-state index in [1.54, 1.807) is 6.92 Å². The number of amidine groups is 1. The Morgan fingerprint density at radius 2 is 2.03 bits per heavy atom. The molecule has 0 bridgehead atoms. The molecule has 0 aromatic carbocycles. The smallest absolute Gasteiger partial charge is 0.277 e. The lowest BCUT2D eigenvalue weighted by molar-refractivity contribution is 0.102. The minimum absolute atomic E-state index is 0.0153. The maximum Gasteiger partial charge on any atom is 0.277 e. The van der Waals surface area contributed by atoms with Crippen LogP contribution < -0.4 is 20.5 Å². The highest BCUT2D eigenvalue weighted by Gasteiger charge is 2.57. The van der Waals surface area contributed by atoms with Crippen LogP contribution in [0.2, 0.25) is 0 Å². The number of ether oxygens (including phenoxy) is 1. The van der Waals surface area contributed by atoms with Crippen LogP contribution in [0, 0.1) is 5.82 Å². The molecule has 4 rings (SSSR count). The van der Waals surface area contributed by atoms with E-state index < -0.39 is 37.4 Å². The van der Waals surface area contributed by atoms with Gasteiger partial charge in [-0.1, -0.05) is 6.42 Å². The van der Waals surface area contributed by atoms with E-state index in [0.29, 0.717) is 13.0 Å². The number of amides is 1. The lowest BCUT2D eigenvalue weighted by Gasteiger charge is -2.53. The minimum Gasteiger partial charge on any atom is -0.480 e. The molecule has 0 saturated carbocycles. The number of thiol groups is 1. The average Bonchev–Trinajstić information content (AvgIpc) is 3.02. The number of nitrogens with one attached hydrogen (secondary N) is 2. The highest BCUT2D eigenvalue weighted by atomic mass is 32.3. The van der Waals surface area contributed by atoms with Crippen molar-refractivity contribution in [2.75, 3.05) is 19.0 Å². The van der Waals surface area contributed by atoms with E-state index in [0.717, 1.165) is 12.8 Å². The van der Waals surface area contributed by atoms with E-state index in [1.165, 1.54) is 31.6 Å². The van der Waals surface area contributed by atoms with Crippen LogP contribution in [0.5, 0.6) is 5.88 Å². The van der Waals surface area contributed by atoms with Gasteiger partial charge in [-0.05, 0) is 55.9 Å². The number of anilines is 1. The van der Waals surface area contributed by atoms with Gasteiger partial charge in [0.05, 0.1) is 29.5 Å². The molecule has 4 heterocycles. The quantitative estimate of drug-likeness (QED) is 0.477. The van der Waals surface area contributed by atoms with E-state index in [1.807, 2.05) is 13.8 Å². The molecule has 4 N–H and O–H groups in total. The molecule has 2 aliphatic rings. The van der Waals surface area contributed by atoms with Crippen molar-refractivity contribution in [2.45, 2.75) is 55.6 Å². The number of fused-ring (bicyclic) bond motifs is 1. The van der Waals surface area contributed by atoms with E-state index in [2.05, 4.69) is 25.0 Å². The second-order valence-corrected chi connectivity index (χ2v) is 12.6. The van der Waals surface area contributed by atoms with Crippen molar-refractivity contribution < 1.29 is 18.1 Å². The summed E-state index contributed by atoms with van der Waals surface area (Å²) in [6, 6.07) is 2.56. The van der Waals surface area contributed by atoms with Crippen LogP contribution in [0.25, 0.3) is 0 Å². The maximum absolute atomic E-state index is 15.2. The van der Waals surface area contributed by atoms with Gasteiger partial charge in [0, 0.05) is 6.54 Å². The number of hydrogen-bond donors (Lipinski definition) is 4. The van der Waals surface area contributed by atoms with E-state index in [-0.39, 0.29) is 28.9 Å². The number of nitrogens with zero attached hydrogens (tertiary/aromatic N) is 4. The molecule has 12 heteroatoms. The molecular formula is C22H30FN7O3S. The first-order valence-corrected chi connectivity index (χ1v) is 12.9. The van der Waals surface area contributed by atoms with Gasteiger partial charge in [0.2, 0.25) is 5.88 Å². The third-order valence-electron chi connectivity index (χ3n) is 6.79. The van der Waals surface area contributed by atoms with Crippen LogP contribution in [0.3, 0.4) is 0 Å². The summed E-state index contributed by atoms with van der Waals surface area (Å²) in [4.78, 5) is 29.7. The second-order valence-electron chi connectivity index (χ2n) is 9.21. The first-order chi connectivity index (χ1) is 16.0. The Labute approximate surface area is 198 Å². The Bertz CT molecular complexity index is 1190. The third kappa shape index (κ3) is 3.84. The van der Waals surface area contributed by atoms with Crippen LogP contribution in [0.1, 0.15) is 56.2 Å². The molecule has 0 unspecified atom stereocenters. The molecule has 1 amide bonds. The van der Waals surface area contributed by atoms with Crippen LogP contribution >= 0.6 is 0 Å². The molecule has 0 radical (unpaired) electrons. The fraction of sp³-hybridized carbons (Fsp3) is 0.500. The zero-order valence-corrected chi connectivity index (χ0v) is 20.5. The standard InChI is InChI=1S/C22H30FN7O3S/c1-21(2)20(24)30-22(3,15-7-5-6-10-27-34(15,21)32)18-13(23)8-9-16(28-18)29-19(31)14-11-26-17(33-4)12-25-14/h8-9,11-12,15,34H,5-7,10H2,1-4H3,(H2,24,30)(H,27,32)(H,28,29,31)/t15-,22-/m0/s1. The van der Waals surface area contributed by atoms with Crippen molar-refractivity contribution in [1.29, 1.82) is 0 Å². The molecule has 1 saturated heterocycles. The molecule has 184 valence electrons. The molecule has 1 fully saturated rings. The summed E-state index contributed by atoms with van der Waals surface area (Å²) < 4.78 is 36.9. The van der Waals surface area contributed by atoms with Crippen molar-refractivity contribution >= 4 is 27.7 Å². The lowest BCUT2D eigenvalue weighted by atomic mass is 9.88. The predicted molar refractivity (Wildman–Crippen MR) is 129 cm³/mol. The fourth-order valence-corrected chi connectivity index (χ4v) is 8.36. The Morgan fingerprint density at radius 3 is 2.71 bits per heavy atom. The Kier molecular flexibility index (Phi) is 6.15. The van der Waals surface area contributed by atoms with Gasteiger partial charge in [-0.15, -0.1) is 0 Å². The number of halogens is 1. The first-order valence-electron chi connectivity index (χ1n) is 11.1. The van der Waals surface area contributed by atoms with Crippen molar-refractivity contribution in [3.05, 3.63) is 41.7 Å². The molecule has 2 aliphatic heterocycles. The molecule has 0 spiro atoms. The van der Waals surface area contributed by atoms with Crippen LogP contribution in [-0.2, 0) is 15.7 Å². The minimum atomic E-state index is -3.16. The molecule has 10 nitrogen and oxygen atoms in total. The first kappa shape index (κ1) is 24.1. The van der Waals surface area contributed by atoms with Crippen molar-refractivity contribution in [2.24, 2.45) is 10.7 Å². The Balaban J connectivity index is 1.74.